The monoisotopic (exact) mass is 230 g/mol. The van der Waals surface area contributed by atoms with Crippen LogP contribution in [0.5, 0.6) is 0 Å². The number of rotatable bonds is 3. The molecule has 1 saturated heterocycles. The van der Waals surface area contributed by atoms with E-state index in [1.54, 1.807) is 11.1 Å². The normalized spacial score (nSPS) is 24.2. The summed E-state index contributed by atoms with van der Waals surface area (Å²) in [6, 6.07) is 7.09. The van der Waals surface area contributed by atoms with Gasteiger partial charge in [0.1, 0.15) is 0 Å². The summed E-state index contributed by atoms with van der Waals surface area (Å²) in [6.07, 6.45) is 5.20. The van der Waals surface area contributed by atoms with Gasteiger partial charge in [0.15, 0.2) is 0 Å². The summed E-state index contributed by atoms with van der Waals surface area (Å²) in [7, 11) is 0. The highest BCUT2D eigenvalue weighted by atomic mass is 15.1. The van der Waals surface area contributed by atoms with Crippen molar-refractivity contribution < 1.29 is 0 Å². The van der Waals surface area contributed by atoms with E-state index in [9.17, 15) is 0 Å². The zero-order valence-electron chi connectivity index (χ0n) is 10.5. The van der Waals surface area contributed by atoms with Gasteiger partial charge >= 0.3 is 0 Å². The fraction of sp³-hybridized carbons (Fsp3) is 0.600. The smallest absolute Gasteiger partial charge is 0.0233 e. The maximum atomic E-state index is 5.74. The van der Waals surface area contributed by atoms with Crippen molar-refractivity contribution in [2.45, 2.75) is 32.2 Å². The number of hydrogen-bond acceptors (Lipinski definition) is 2. The first-order valence-corrected chi connectivity index (χ1v) is 6.88. The molecule has 1 heterocycles. The molecule has 0 radical (unpaired) electrons. The van der Waals surface area contributed by atoms with Crippen molar-refractivity contribution >= 4 is 0 Å². The number of fused-ring (bicyclic) bond motifs is 1. The Morgan fingerprint density at radius 3 is 2.94 bits per heavy atom. The van der Waals surface area contributed by atoms with Gasteiger partial charge in [0.2, 0.25) is 0 Å². The maximum Gasteiger partial charge on any atom is 0.0233 e. The molecule has 0 saturated carbocycles. The standard InChI is InChI=1S/C15H22N2/c16-9-13-6-7-17(11-13)10-12-4-5-14-2-1-3-15(14)8-12/h4-5,8,13H,1-3,6-7,9-11,16H2. The predicted octanol–water partition coefficient (Wildman–Crippen LogP) is 1.96. The maximum absolute atomic E-state index is 5.74. The van der Waals surface area contributed by atoms with Crippen molar-refractivity contribution in [2.24, 2.45) is 11.7 Å². The number of aryl methyl sites for hydroxylation is 2. The zero-order chi connectivity index (χ0) is 11.7. The molecule has 2 nitrogen and oxygen atoms in total. The van der Waals surface area contributed by atoms with E-state index in [2.05, 4.69) is 23.1 Å². The van der Waals surface area contributed by atoms with E-state index in [4.69, 9.17) is 5.73 Å². The molecule has 1 atom stereocenters. The molecule has 0 bridgehead atoms. The Balaban J connectivity index is 1.65. The summed E-state index contributed by atoms with van der Waals surface area (Å²) in [6.45, 7) is 4.37. The minimum atomic E-state index is 0.726. The molecular weight excluding hydrogens is 208 g/mol. The second-order valence-electron chi connectivity index (χ2n) is 5.58. The molecule has 1 unspecified atom stereocenters. The van der Waals surface area contributed by atoms with E-state index in [0.717, 1.165) is 19.0 Å². The van der Waals surface area contributed by atoms with Crippen LogP contribution in [0.15, 0.2) is 18.2 Å². The van der Waals surface area contributed by atoms with Crippen molar-refractivity contribution in [3.8, 4) is 0 Å². The summed E-state index contributed by atoms with van der Waals surface area (Å²) in [5, 5.41) is 0. The summed E-state index contributed by atoms with van der Waals surface area (Å²) in [4.78, 5) is 2.55. The molecule has 1 aliphatic carbocycles. The van der Waals surface area contributed by atoms with Gasteiger partial charge in [-0.2, -0.15) is 0 Å². The van der Waals surface area contributed by atoms with Crippen LogP contribution in [0.4, 0.5) is 0 Å². The van der Waals surface area contributed by atoms with Gasteiger partial charge in [0.25, 0.3) is 0 Å². The Kier molecular flexibility index (Phi) is 3.17. The van der Waals surface area contributed by atoms with E-state index < -0.39 is 0 Å². The number of hydrogen-bond donors (Lipinski definition) is 1. The fourth-order valence-corrected chi connectivity index (χ4v) is 3.23. The first kappa shape index (κ1) is 11.2. The minimum Gasteiger partial charge on any atom is -0.330 e. The fourth-order valence-electron chi connectivity index (χ4n) is 3.23. The Labute approximate surface area is 104 Å². The lowest BCUT2D eigenvalue weighted by atomic mass is 10.1. The summed E-state index contributed by atoms with van der Waals surface area (Å²) < 4.78 is 0. The molecule has 1 aromatic rings. The first-order valence-electron chi connectivity index (χ1n) is 6.88. The molecule has 0 spiro atoms. The molecule has 0 aromatic heterocycles. The number of nitrogens with two attached hydrogens (primary N) is 1. The van der Waals surface area contributed by atoms with Crippen LogP contribution in [-0.4, -0.2) is 24.5 Å². The lowest BCUT2D eigenvalue weighted by molar-refractivity contribution is 0.318. The van der Waals surface area contributed by atoms with Crippen LogP contribution in [0.3, 0.4) is 0 Å². The lowest BCUT2D eigenvalue weighted by Gasteiger charge is -2.16. The Bertz CT molecular complexity index is 400. The molecule has 92 valence electrons. The molecule has 0 amide bonds. The van der Waals surface area contributed by atoms with E-state index in [1.807, 2.05) is 0 Å². The lowest BCUT2D eigenvalue weighted by Crippen LogP contribution is -2.22. The van der Waals surface area contributed by atoms with E-state index in [1.165, 1.54) is 44.3 Å². The third-order valence-corrected chi connectivity index (χ3v) is 4.27. The predicted molar refractivity (Wildman–Crippen MR) is 70.9 cm³/mol. The molecule has 1 aromatic carbocycles. The van der Waals surface area contributed by atoms with Gasteiger partial charge in [-0.05, 0) is 61.4 Å². The molecule has 2 N–H and O–H groups in total. The van der Waals surface area contributed by atoms with E-state index in [0.29, 0.717) is 0 Å². The van der Waals surface area contributed by atoms with Crippen LogP contribution in [0, 0.1) is 5.92 Å². The van der Waals surface area contributed by atoms with E-state index >= 15 is 0 Å². The van der Waals surface area contributed by atoms with Crippen LogP contribution < -0.4 is 5.73 Å². The largest absolute Gasteiger partial charge is 0.330 e. The Morgan fingerprint density at radius 2 is 2.12 bits per heavy atom. The molecule has 2 aliphatic rings. The van der Waals surface area contributed by atoms with Crippen LogP contribution >= 0.6 is 0 Å². The highest BCUT2D eigenvalue weighted by Gasteiger charge is 2.21. The van der Waals surface area contributed by atoms with Crippen molar-refractivity contribution in [3.05, 3.63) is 34.9 Å². The number of nitrogens with zero attached hydrogens (tertiary/aromatic N) is 1. The number of likely N-dealkylation sites (tertiary alicyclic amines) is 1. The van der Waals surface area contributed by atoms with Gasteiger partial charge in [-0.15, -0.1) is 0 Å². The van der Waals surface area contributed by atoms with Crippen LogP contribution in [-0.2, 0) is 19.4 Å². The molecule has 3 rings (SSSR count). The van der Waals surface area contributed by atoms with Crippen LogP contribution in [0.25, 0.3) is 0 Å². The molecule has 1 aliphatic heterocycles. The van der Waals surface area contributed by atoms with Crippen molar-refractivity contribution in [3.63, 3.8) is 0 Å². The third kappa shape index (κ3) is 2.38. The second-order valence-corrected chi connectivity index (χ2v) is 5.58. The minimum absolute atomic E-state index is 0.726. The van der Waals surface area contributed by atoms with E-state index in [-0.39, 0.29) is 0 Å². The average molecular weight is 230 g/mol. The summed E-state index contributed by atoms with van der Waals surface area (Å²) in [5.41, 5.74) is 10.4. The first-order chi connectivity index (χ1) is 8.35. The van der Waals surface area contributed by atoms with Crippen molar-refractivity contribution in [2.75, 3.05) is 19.6 Å². The Morgan fingerprint density at radius 1 is 1.24 bits per heavy atom. The quantitative estimate of drug-likeness (QED) is 0.860. The zero-order valence-corrected chi connectivity index (χ0v) is 10.5. The van der Waals surface area contributed by atoms with Gasteiger partial charge < -0.3 is 5.73 Å². The highest BCUT2D eigenvalue weighted by molar-refractivity contribution is 5.35. The van der Waals surface area contributed by atoms with Gasteiger partial charge in [-0.25, -0.2) is 0 Å². The Hall–Kier alpha value is -0.860. The second kappa shape index (κ2) is 4.79. The summed E-state index contributed by atoms with van der Waals surface area (Å²) in [5.74, 6) is 0.726. The van der Waals surface area contributed by atoms with Gasteiger partial charge in [0.05, 0.1) is 0 Å². The van der Waals surface area contributed by atoms with Crippen molar-refractivity contribution in [1.29, 1.82) is 0 Å². The molecule has 17 heavy (non-hydrogen) atoms. The third-order valence-electron chi connectivity index (χ3n) is 4.27. The number of benzene rings is 1. The van der Waals surface area contributed by atoms with Gasteiger partial charge in [-0.3, -0.25) is 4.90 Å². The van der Waals surface area contributed by atoms with Crippen LogP contribution in [0.2, 0.25) is 0 Å². The summed E-state index contributed by atoms with van der Waals surface area (Å²) >= 11 is 0. The topological polar surface area (TPSA) is 29.3 Å². The van der Waals surface area contributed by atoms with Gasteiger partial charge in [0, 0.05) is 13.1 Å². The SMILES string of the molecule is NCC1CCN(Cc2ccc3c(c2)CCC3)C1. The van der Waals surface area contributed by atoms with Crippen molar-refractivity contribution in [1.82, 2.24) is 4.90 Å². The molecular formula is C15H22N2. The molecule has 2 heteroatoms. The molecule has 1 fully saturated rings. The van der Waals surface area contributed by atoms with Gasteiger partial charge in [-0.1, -0.05) is 18.2 Å². The highest BCUT2D eigenvalue weighted by Crippen LogP contribution is 2.24. The average Bonchev–Trinajstić information content (AvgIpc) is 2.96. The van der Waals surface area contributed by atoms with Crippen LogP contribution in [0.1, 0.15) is 29.5 Å².